The quantitative estimate of drug-likeness (QED) is 0.674. The van der Waals surface area contributed by atoms with Crippen molar-refractivity contribution in [3.05, 3.63) is 0 Å². The second-order valence-corrected chi connectivity index (χ2v) is 4.18. The number of alkyl halides is 3. The number of nitrogens with one attached hydrogen (secondary N) is 1. The Hall–Kier alpha value is -1.51. The lowest BCUT2D eigenvalue weighted by Crippen LogP contribution is -2.57. The Labute approximate surface area is 108 Å². The molecule has 0 fully saturated rings. The summed E-state index contributed by atoms with van der Waals surface area (Å²) in [6.07, 6.45) is -4.62. The van der Waals surface area contributed by atoms with Crippen LogP contribution in [-0.4, -0.2) is 58.5 Å². The standard InChI is InChI=1S/C10H17F3N2O4/c1-3-9(2,7(17)18)14-8(19)15(4-5-16)6-10(11,12)13/h16H,3-6H2,1-2H3,(H,14,19)(H,17,18). The monoisotopic (exact) mass is 286 g/mol. The van der Waals surface area contributed by atoms with Gasteiger partial charge in [0.05, 0.1) is 6.61 Å². The number of aliphatic hydroxyl groups is 1. The van der Waals surface area contributed by atoms with Crippen molar-refractivity contribution < 1.29 is 33.0 Å². The molecule has 0 aliphatic rings. The molecule has 3 N–H and O–H groups in total. The maximum Gasteiger partial charge on any atom is 0.406 e. The van der Waals surface area contributed by atoms with Gasteiger partial charge in [-0.25, -0.2) is 9.59 Å². The Kier molecular flexibility index (Phi) is 6.07. The molecule has 112 valence electrons. The van der Waals surface area contributed by atoms with Gasteiger partial charge >= 0.3 is 18.2 Å². The Morgan fingerprint density at radius 1 is 1.32 bits per heavy atom. The van der Waals surface area contributed by atoms with E-state index in [4.69, 9.17) is 10.2 Å². The molecule has 9 heteroatoms. The van der Waals surface area contributed by atoms with Crippen LogP contribution < -0.4 is 5.32 Å². The highest BCUT2D eigenvalue weighted by molar-refractivity contribution is 5.85. The molecule has 0 saturated carbocycles. The number of hydrogen-bond donors (Lipinski definition) is 3. The van der Waals surface area contributed by atoms with Crippen LogP contribution in [0.15, 0.2) is 0 Å². The predicted octanol–water partition coefficient (Wildman–Crippen LogP) is 0.806. The number of carbonyl (C=O) groups is 2. The zero-order chi connectivity index (χ0) is 15.3. The van der Waals surface area contributed by atoms with Gasteiger partial charge in [-0.1, -0.05) is 6.92 Å². The first-order valence-corrected chi connectivity index (χ1v) is 5.54. The fraction of sp³-hybridized carbons (Fsp3) is 0.800. The van der Waals surface area contributed by atoms with Crippen LogP contribution >= 0.6 is 0 Å². The summed E-state index contributed by atoms with van der Waals surface area (Å²) in [5, 5.41) is 19.6. The lowest BCUT2D eigenvalue weighted by molar-refractivity contribution is -0.144. The fourth-order valence-corrected chi connectivity index (χ4v) is 1.20. The van der Waals surface area contributed by atoms with E-state index in [-0.39, 0.29) is 6.42 Å². The number of nitrogens with zero attached hydrogens (tertiary/aromatic N) is 1. The van der Waals surface area contributed by atoms with Crippen LogP contribution in [0.5, 0.6) is 0 Å². The number of carboxylic acids is 1. The van der Waals surface area contributed by atoms with Crippen molar-refractivity contribution >= 4 is 12.0 Å². The van der Waals surface area contributed by atoms with Crippen molar-refractivity contribution in [2.45, 2.75) is 32.0 Å². The molecule has 0 radical (unpaired) electrons. The van der Waals surface area contributed by atoms with Gasteiger partial charge < -0.3 is 20.4 Å². The molecule has 1 atom stereocenters. The highest BCUT2D eigenvalue weighted by atomic mass is 19.4. The van der Waals surface area contributed by atoms with Crippen molar-refractivity contribution in [1.29, 1.82) is 0 Å². The molecule has 0 saturated heterocycles. The van der Waals surface area contributed by atoms with E-state index >= 15 is 0 Å². The van der Waals surface area contributed by atoms with Gasteiger partial charge in [0, 0.05) is 6.54 Å². The van der Waals surface area contributed by atoms with Crippen LogP contribution in [-0.2, 0) is 4.79 Å². The molecule has 0 aromatic rings. The zero-order valence-electron chi connectivity index (χ0n) is 10.6. The maximum absolute atomic E-state index is 12.2. The minimum Gasteiger partial charge on any atom is -0.480 e. The van der Waals surface area contributed by atoms with E-state index in [9.17, 15) is 22.8 Å². The van der Waals surface area contributed by atoms with Gasteiger partial charge in [-0.3, -0.25) is 0 Å². The van der Waals surface area contributed by atoms with Crippen molar-refractivity contribution in [1.82, 2.24) is 10.2 Å². The van der Waals surface area contributed by atoms with Gasteiger partial charge in [0.1, 0.15) is 12.1 Å². The van der Waals surface area contributed by atoms with Gasteiger partial charge in [-0.2, -0.15) is 13.2 Å². The Morgan fingerprint density at radius 3 is 2.16 bits per heavy atom. The van der Waals surface area contributed by atoms with Crippen molar-refractivity contribution in [2.24, 2.45) is 0 Å². The highest BCUT2D eigenvalue weighted by Gasteiger charge is 2.37. The fourth-order valence-electron chi connectivity index (χ4n) is 1.20. The number of hydrogen-bond acceptors (Lipinski definition) is 3. The molecule has 0 bridgehead atoms. The first-order valence-electron chi connectivity index (χ1n) is 5.54. The zero-order valence-corrected chi connectivity index (χ0v) is 10.6. The number of carboxylic acid groups (broad SMARTS) is 1. The SMILES string of the molecule is CCC(C)(NC(=O)N(CCO)CC(F)(F)F)C(=O)O. The number of carbonyl (C=O) groups excluding carboxylic acids is 1. The molecule has 0 aliphatic carbocycles. The number of aliphatic carboxylic acids is 1. The van der Waals surface area contributed by atoms with Crippen LogP contribution in [0.25, 0.3) is 0 Å². The van der Waals surface area contributed by atoms with Gasteiger partial charge in [-0.05, 0) is 13.3 Å². The Morgan fingerprint density at radius 2 is 1.84 bits per heavy atom. The second-order valence-electron chi connectivity index (χ2n) is 4.18. The summed E-state index contributed by atoms with van der Waals surface area (Å²) in [6, 6.07) is -1.18. The first kappa shape index (κ1) is 17.5. The van der Waals surface area contributed by atoms with Gasteiger partial charge in [0.15, 0.2) is 0 Å². The number of rotatable bonds is 6. The van der Waals surface area contributed by atoms with Gasteiger partial charge in [0.2, 0.25) is 0 Å². The van der Waals surface area contributed by atoms with Crippen molar-refractivity contribution in [2.75, 3.05) is 19.7 Å². The van der Waals surface area contributed by atoms with Crippen LogP contribution in [0.3, 0.4) is 0 Å². The van der Waals surface area contributed by atoms with Crippen molar-refractivity contribution in [3.63, 3.8) is 0 Å². The van der Waals surface area contributed by atoms with Crippen LogP contribution in [0, 0.1) is 0 Å². The summed E-state index contributed by atoms with van der Waals surface area (Å²) in [7, 11) is 0. The van der Waals surface area contributed by atoms with Gasteiger partial charge in [0.25, 0.3) is 0 Å². The van der Waals surface area contributed by atoms with E-state index in [0.29, 0.717) is 4.90 Å². The number of halogens is 3. The number of amides is 2. The summed E-state index contributed by atoms with van der Waals surface area (Å²) in [4.78, 5) is 22.9. The van der Waals surface area contributed by atoms with E-state index in [2.05, 4.69) is 0 Å². The third kappa shape index (κ3) is 5.77. The molecule has 0 aromatic carbocycles. The third-order valence-corrected chi connectivity index (χ3v) is 2.59. The average molecular weight is 286 g/mol. The predicted molar refractivity (Wildman–Crippen MR) is 59.6 cm³/mol. The minimum absolute atomic E-state index is 0.00700. The summed E-state index contributed by atoms with van der Waals surface area (Å²) >= 11 is 0. The lowest BCUT2D eigenvalue weighted by atomic mass is 10.00. The Bertz CT molecular complexity index is 335. The van der Waals surface area contributed by atoms with Crippen LogP contribution in [0.4, 0.5) is 18.0 Å². The molecule has 19 heavy (non-hydrogen) atoms. The highest BCUT2D eigenvalue weighted by Crippen LogP contribution is 2.17. The maximum atomic E-state index is 12.2. The molecule has 2 amide bonds. The summed E-state index contributed by atoms with van der Waals surface area (Å²) in [5.41, 5.74) is -1.66. The van der Waals surface area contributed by atoms with Gasteiger partial charge in [-0.15, -0.1) is 0 Å². The molecule has 6 nitrogen and oxygen atoms in total. The average Bonchev–Trinajstić information content (AvgIpc) is 2.26. The topological polar surface area (TPSA) is 89.9 Å². The summed E-state index contributed by atoms with van der Waals surface area (Å²) in [6.45, 7) is -0.0739. The number of urea groups is 1. The first-order chi connectivity index (χ1) is 8.55. The van der Waals surface area contributed by atoms with E-state index in [0.717, 1.165) is 0 Å². The minimum atomic E-state index is -4.63. The molecular formula is C10H17F3N2O4. The lowest BCUT2D eigenvalue weighted by Gasteiger charge is -2.30. The molecule has 0 aliphatic heterocycles. The molecule has 0 heterocycles. The molecule has 0 rings (SSSR count). The second kappa shape index (κ2) is 6.60. The Balaban J connectivity index is 4.87. The summed E-state index contributed by atoms with van der Waals surface area (Å²) in [5.74, 6) is -1.35. The number of aliphatic hydroxyl groups excluding tert-OH is 1. The molecule has 1 unspecified atom stereocenters. The molecule has 0 spiro atoms. The van der Waals surface area contributed by atoms with Crippen LogP contribution in [0.1, 0.15) is 20.3 Å². The normalized spacial score (nSPS) is 14.6. The summed E-state index contributed by atoms with van der Waals surface area (Å²) < 4.78 is 36.7. The van der Waals surface area contributed by atoms with Crippen LogP contribution in [0.2, 0.25) is 0 Å². The van der Waals surface area contributed by atoms with E-state index in [1.807, 2.05) is 5.32 Å². The molecule has 0 aromatic heterocycles. The smallest absolute Gasteiger partial charge is 0.406 e. The largest absolute Gasteiger partial charge is 0.480 e. The van der Waals surface area contributed by atoms with E-state index < -0.39 is 43.4 Å². The third-order valence-electron chi connectivity index (χ3n) is 2.59. The van der Waals surface area contributed by atoms with E-state index in [1.54, 1.807) is 0 Å². The molecular weight excluding hydrogens is 269 g/mol. The van der Waals surface area contributed by atoms with E-state index in [1.165, 1.54) is 13.8 Å². The van der Waals surface area contributed by atoms with Crippen molar-refractivity contribution in [3.8, 4) is 0 Å².